The first-order valence-electron chi connectivity index (χ1n) is 11.9. The maximum Gasteiger partial charge on any atom is 0.408 e. The topological polar surface area (TPSA) is 130 Å². The van der Waals surface area contributed by atoms with Crippen LogP contribution in [0.4, 0.5) is 4.79 Å². The number of nitrogens with one attached hydrogen (secondary N) is 3. The number of hydrogen-bond acceptors (Lipinski definition) is 6. The van der Waals surface area contributed by atoms with Gasteiger partial charge in [-0.05, 0) is 56.5 Å². The van der Waals surface area contributed by atoms with Crippen LogP contribution in [0.3, 0.4) is 0 Å². The van der Waals surface area contributed by atoms with Crippen molar-refractivity contribution >= 4 is 28.9 Å². The zero-order valence-corrected chi connectivity index (χ0v) is 20.8. The Bertz CT molecular complexity index is 1180. The fourth-order valence-electron chi connectivity index (χ4n) is 3.63. The highest BCUT2D eigenvalue weighted by Crippen LogP contribution is 2.24. The number of carbonyl (C=O) groups is 3. The summed E-state index contributed by atoms with van der Waals surface area (Å²) in [6.07, 6.45) is 1.74. The molecule has 36 heavy (non-hydrogen) atoms. The number of aromatic hydroxyl groups is 1. The fourth-order valence-corrected chi connectivity index (χ4v) is 3.63. The Morgan fingerprint density at radius 2 is 1.83 bits per heavy atom. The van der Waals surface area contributed by atoms with Gasteiger partial charge in [0.25, 0.3) is 0 Å². The van der Waals surface area contributed by atoms with Gasteiger partial charge in [-0.25, -0.2) is 4.79 Å². The van der Waals surface area contributed by atoms with E-state index in [2.05, 4.69) is 15.6 Å². The summed E-state index contributed by atoms with van der Waals surface area (Å²) in [5.74, 6) is -0.651. The number of phenolic OH excluding ortho intramolecular Hbond substituents is 1. The third kappa shape index (κ3) is 8.33. The molecule has 1 atom stereocenters. The van der Waals surface area contributed by atoms with Crippen molar-refractivity contribution in [3.05, 3.63) is 65.9 Å². The molecule has 0 fully saturated rings. The van der Waals surface area contributed by atoms with Gasteiger partial charge < -0.3 is 30.2 Å². The third-order valence-corrected chi connectivity index (χ3v) is 5.27. The van der Waals surface area contributed by atoms with E-state index in [1.54, 1.807) is 45.2 Å². The van der Waals surface area contributed by atoms with Crippen molar-refractivity contribution < 1.29 is 29.0 Å². The number of ether oxygens (including phenoxy) is 2. The molecule has 0 saturated carbocycles. The molecule has 3 rings (SSSR count). The minimum absolute atomic E-state index is 0.0673. The number of alkyl carbamates (subject to hydrolysis) is 1. The van der Waals surface area contributed by atoms with Crippen LogP contribution in [0.15, 0.2) is 54.7 Å². The summed E-state index contributed by atoms with van der Waals surface area (Å²) in [5.41, 5.74) is 1.80. The molecular formula is C27H33N3O6. The molecule has 2 aromatic carbocycles. The second-order valence-electron chi connectivity index (χ2n) is 9.49. The predicted molar refractivity (Wildman–Crippen MR) is 135 cm³/mol. The zero-order valence-electron chi connectivity index (χ0n) is 20.8. The van der Waals surface area contributed by atoms with Crippen LogP contribution in [0.2, 0.25) is 0 Å². The number of esters is 1. The Labute approximate surface area is 210 Å². The van der Waals surface area contributed by atoms with Gasteiger partial charge in [0.2, 0.25) is 5.91 Å². The predicted octanol–water partition coefficient (Wildman–Crippen LogP) is 3.95. The number of amides is 2. The molecule has 0 unspecified atom stereocenters. The van der Waals surface area contributed by atoms with Gasteiger partial charge in [0, 0.05) is 36.5 Å². The number of rotatable bonds is 10. The van der Waals surface area contributed by atoms with Crippen molar-refractivity contribution in [2.24, 2.45) is 0 Å². The maximum atomic E-state index is 13.0. The van der Waals surface area contributed by atoms with Crippen LogP contribution < -0.4 is 10.6 Å². The van der Waals surface area contributed by atoms with E-state index in [-0.39, 0.29) is 37.7 Å². The lowest BCUT2D eigenvalue weighted by atomic mass is 10.0. The summed E-state index contributed by atoms with van der Waals surface area (Å²) in [5, 5.41) is 16.0. The molecule has 0 aliphatic rings. The molecule has 0 aliphatic carbocycles. The maximum absolute atomic E-state index is 13.0. The molecule has 9 nitrogen and oxygen atoms in total. The van der Waals surface area contributed by atoms with Crippen LogP contribution in [0, 0.1) is 0 Å². The van der Waals surface area contributed by atoms with Crippen LogP contribution in [0.1, 0.15) is 44.7 Å². The largest absolute Gasteiger partial charge is 0.508 e. The summed E-state index contributed by atoms with van der Waals surface area (Å²) in [6, 6.07) is 13.2. The minimum atomic E-state index is -0.934. The van der Waals surface area contributed by atoms with Gasteiger partial charge in [-0.2, -0.15) is 0 Å². The molecular weight excluding hydrogens is 462 g/mol. The van der Waals surface area contributed by atoms with E-state index in [0.717, 1.165) is 22.0 Å². The SMILES string of the molecule is CC(C)(C)OC(=O)CCCNC(=O)[C@H](Cc1c[nH]c2ccc(O)cc12)NC(=O)OCc1ccccc1. The summed E-state index contributed by atoms with van der Waals surface area (Å²) in [6.45, 7) is 5.70. The van der Waals surface area contributed by atoms with Gasteiger partial charge in [-0.15, -0.1) is 0 Å². The number of phenols is 1. The molecule has 4 N–H and O–H groups in total. The van der Waals surface area contributed by atoms with Crippen molar-refractivity contribution in [1.82, 2.24) is 15.6 Å². The third-order valence-electron chi connectivity index (χ3n) is 5.27. The van der Waals surface area contributed by atoms with Crippen LogP contribution in [-0.2, 0) is 32.1 Å². The lowest BCUT2D eigenvalue weighted by Crippen LogP contribution is -2.48. The molecule has 0 saturated heterocycles. The Balaban J connectivity index is 1.62. The van der Waals surface area contributed by atoms with Gasteiger partial charge in [0.15, 0.2) is 0 Å². The van der Waals surface area contributed by atoms with E-state index in [1.807, 2.05) is 30.3 Å². The monoisotopic (exact) mass is 495 g/mol. The highest BCUT2D eigenvalue weighted by Gasteiger charge is 2.24. The normalized spacial score (nSPS) is 12.1. The molecule has 192 valence electrons. The van der Waals surface area contributed by atoms with Gasteiger partial charge in [-0.3, -0.25) is 9.59 Å². The lowest BCUT2D eigenvalue weighted by Gasteiger charge is -2.20. The van der Waals surface area contributed by atoms with E-state index >= 15 is 0 Å². The highest BCUT2D eigenvalue weighted by atomic mass is 16.6. The fraction of sp³-hybridized carbons (Fsp3) is 0.370. The zero-order chi connectivity index (χ0) is 26.1. The summed E-state index contributed by atoms with van der Waals surface area (Å²) >= 11 is 0. The van der Waals surface area contributed by atoms with Crippen LogP contribution in [0.25, 0.3) is 10.9 Å². The first kappa shape index (κ1) is 26.6. The number of carbonyl (C=O) groups excluding carboxylic acids is 3. The number of H-pyrrole nitrogens is 1. The van der Waals surface area contributed by atoms with Crippen molar-refractivity contribution in [2.75, 3.05) is 6.54 Å². The molecule has 0 radical (unpaired) electrons. The van der Waals surface area contributed by atoms with Crippen molar-refractivity contribution in [3.8, 4) is 5.75 Å². The second-order valence-corrected chi connectivity index (χ2v) is 9.49. The van der Waals surface area contributed by atoms with Crippen molar-refractivity contribution in [3.63, 3.8) is 0 Å². The smallest absolute Gasteiger partial charge is 0.408 e. The van der Waals surface area contributed by atoms with Gasteiger partial charge in [0.05, 0.1) is 0 Å². The van der Waals surface area contributed by atoms with Gasteiger partial charge in [-0.1, -0.05) is 30.3 Å². The average molecular weight is 496 g/mol. The van der Waals surface area contributed by atoms with E-state index in [0.29, 0.717) is 6.42 Å². The summed E-state index contributed by atoms with van der Waals surface area (Å²) in [7, 11) is 0. The minimum Gasteiger partial charge on any atom is -0.508 e. The Morgan fingerprint density at radius 1 is 1.08 bits per heavy atom. The molecule has 9 heteroatoms. The molecule has 0 aliphatic heterocycles. The second kappa shape index (κ2) is 12.1. The number of fused-ring (bicyclic) bond motifs is 1. The first-order valence-corrected chi connectivity index (χ1v) is 11.9. The molecule has 0 bridgehead atoms. The number of hydrogen-bond donors (Lipinski definition) is 4. The molecule has 1 aromatic heterocycles. The van der Waals surface area contributed by atoms with E-state index in [9.17, 15) is 19.5 Å². The van der Waals surface area contributed by atoms with Crippen molar-refractivity contribution in [2.45, 2.75) is 58.3 Å². The number of aromatic nitrogens is 1. The molecule has 3 aromatic rings. The summed E-state index contributed by atoms with van der Waals surface area (Å²) < 4.78 is 10.6. The first-order chi connectivity index (χ1) is 17.1. The molecule has 0 spiro atoms. The van der Waals surface area contributed by atoms with Crippen LogP contribution >= 0.6 is 0 Å². The average Bonchev–Trinajstić information content (AvgIpc) is 3.21. The van der Waals surface area contributed by atoms with Crippen LogP contribution in [0.5, 0.6) is 5.75 Å². The lowest BCUT2D eigenvalue weighted by molar-refractivity contribution is -0.155. The Hall–Kier alpha value is -4.01. The van der Waals surface area contributed by atoms with Gasteiger partial charge in [0.1, 0.15) is 24.0 Å². The summed E-state index contributed by atoms with van der Waals surface area (Å²) in [4.78, 5) is 40.5. The van der Waals surface area contributed by atoms with Crippen LogP contribution in [-0.4, -0.2) is 46.2 Å². The highest BCUT2D eigenvalue weighted by molar-refractivity contribution is 5.88. The Kier molecular flexibility index (Phi) is 8.94. The van der Waals surface area contributed by atoms with E-state index in [4.69, 9.17) is 9.47 Å². The van der Waals surface area contributed by atoms with E-state index in [1.165, 1.54) is 0 Å². The number of benzene rings is 2. The quantitative estimate of drug-likeness (QED) is 0.249. The van der Waals surface area contributed by atoms with E-state index < -0.39 is 23.6 Å². The number of aromatic amines is 1. The molecule has 2 amide bonds. The van der Waals surface area contributed by atoms with Crippen molar-refractivity contribution in [1.29, 1.82) is 0 Å². The van der Waals surface area contributed by atoms with Gasteiger partial charge >= 0.3 is 12.1 Å². The standard InChI is InChI=1S/C27H33N3O6/c1-27(2,3)36-24(32)10-7-13-28-25(33)23(30-26(34)35-17-18-8-5-4-6-9-18)14-19-16-29-22-12-11-20(31)15-21(19)22/h4-6,8-9,11-12,15-16,23,29,31H,7,10,13-14,17H2,1-3H3,(H,28,33)(H,30,34)/t23-/m0/s1. The molecule has 1 heterocycles. The Morgan fingerprint density at radius 3 is 2.56 bits per heavy atom.